The van der Waals surface area contributed by atoms with Gasteiger partial charge < -0.3 is 21.3 Å². The molecule has 2 rings (SSSR count). The number of rotatable bonds is 8. The van der Waals surface area contributed by atoms with E-state index in [1.165, 1.54) is 11.1 Å². The molecule has 2 aromatic carbocycles. The quantitative estimate of drug-likeness (QED) is 0.592. The Bertz CT molecular complexity index is 546. The maximum atomic E-state index is 9.17. The number of hydrogen-bond acceptors (Lipinski definition) is 4. The van der Waals surface area contributed by atoms with Gasteiger partial charge in [-0.2, -0.15) is 0 Å². The van der Waals surface area contributed by atoms with E-state index >= 15 is 0 Å². The lowest BCUT2D eigenvalue weighted by atomic mass is 10.1. The largest absolute Gasteiger partial charge is 0.395 e. The van der Waals surface area contributed by atoms with Crippen molar-refractivity contribution in [1.82, 2.24) is 5.32 Å². The third kappa shape index (κ3) is 9.99. The third-order valence-corrected chi connectivity index (χ3v) is 3.69. The molecule has 0 aromatic heterocycles. The number of nitrogens with one attached hydrogen (secondary N) is 1. The molecule has 0 spiro atoms. The Labute approximate surface area is 151 Å². The summed E-state index contributed by atoms with van der Waals surface area (Å²) >= 11 is 0. The molecule has 0 heterocycles. The summed E-state index contributed by atoms with van der Waals surface area (Å²) in [6.45, 7) is 4.42. The molecule has 1 unspecified atom stereocenters. The van der Waals surface area contributed by atoms with Crippen LogP contribution in [0, 0.1) is 0 Å². The van der Waals surface area contributed by atoms with E-state index in [1.807, 2.05) is 48.5 Å². The fourth-order valence-electron chi connectivity index (χ4n) is 2.53. The van der Waals surface area contributed by atoms with Gasteiger partial charge in [0.2, 0.25) is 0 Å². The first-order valence-corrected chi connectivity index (χ1v) is 8.86. The van der Waals surface area contributed by atoms with E-state index in [1.54, 1.807) is 0 Å². The van der Waals surface area contributed by atoms with Gasteiger partial charge in [-0.15, -0.1) is 0 Å². The topological polar surface area (TPSA) is 78.5 Å². The average Bonchev–Trinajstić information content (AvgIpc) is 2.63. The molecule has 0 amide bonds. The summed E-state index contributed by atoms with van der Waals surface area (Å²) in [7, 11) is 0. The van der Waals surface area contributed by atoms with Crippen molar-refractivity contribution >= 4 is 0 Å². The lowest BCUT2D eigenvalue weighted by molar-refractivity contribution is 0.234. The Morgan fingerprint density at radius 3 is 1.68 bits per heavy atom. The lowest BCUT2D eigenvalue weighted by Crippen LogP contribution is -2.39. The molecule has 0 aliphatic rings. The molecule has 0 saturated carbocycles. The van der Waals surface area contributed by atoms with Gasteiger partial charge in [0.05, 0.1) is 13.2 Å². The van der Waals surface area contributed by atoms with Crippen LogP contribution in [0.5, 0.6) is 0 Å². The van der Waals surface area contributed by atoms with Crippen molar-refractivity contribution in [3.05, 3.63) is 71.8 Å². The zero-order chi connectivity index (χ0) is 18.5. The molecule has 5 N–H and O–H groups in total. The Morgan fingerprint density at radius 1 is 0.800 bits per heavy atom. The van der Waals surface area contributed by atoms with Gasteiger partial charge in [0.1, 0.15) is 0 Å². The normalized spacial score (nSPS) is 13.0. The summed E-state index contributed by atoms with van der Waals surface area (Å²) in [6, 6.07) is 20.6. The molecule has 2 aromatic rings. The van der Waals surface area contributed by atoms with Crippen molar-refractivity contribution < 1.29 is 10.2 Å². The predicted molar refractivity (Wildman–Crippen MR) is 104 cm³/mol. The minimum absolute atomic E-state index is 0.0505. The molecule has 25 heavy (non-hydrogen) atoms. The average molecular weight is 344 g/mol. The molecule has 2 atom stereocenters. The first-order valence-electron chi connectivity index (χ1n) is 8.86. The van der Waals surface area contributed by atoms with E-state index < -0.39 is 0 Å². The van der Waals surface area contributed by atoms with Crippen molar-refractivity contribution in [2.45, 2.75) is 44.8 Å². The fourth-order valence-corrected chi connectivity index (χ4v) is 2.53. The van der Waals surface area contributed by atoms with Gasteiger partial charge in [-0.3, -0.25) is 0 Å². The second-order valence-corrected chi connectivity index (χ2v) is 6.52. The van der Waals surface area contributed by atoms with E-state index in [9.17, 15) is 5.11 Å². The highest BCUT2D eigenvalue weighted by atomic mass is 16.3. The highest BCUT2D eigenvalue weighted by Gasteiger charge is 2.08. The van der Waals surface area contributed by atoms with Crippen molar-refractivity contribution in [3.63, 3.8) is 0 Å². The summed E-state index contributed by atoms with van der Waals surface area (Å²) in [5.74, 6) is 0. The Hall–Kier alpha value is -1.72. The molecule has 0 aliphatic heterocycles. The van der Waals surface area contributed by atoms with Crippen LogP contribution in [0.2, 0.25) is 0 Å². The molecule has 0 bridgehead atoms. The van der Waals surface area contributed by atoms with Crippen LogP contribution in [-0.4, -0.2) is 41.6 Å². The Balaban J connectivity index is 0.000000257. The van der Waals surface area contributed by atoms with Gasteiger partial charge >= 0.3 is 0 Å². The van der Waals surface area contributed by atoms with Gasteiger partial charge in [-0.05, 0) is 24.0 Å². The predicted octanol–water partition coefficient (Wildman–Crippen LogP) is 2.14. The van der Waals surface area contributed by atoms with Gasteiger partial charge in [0, 0.05) is 18.1 Å². The number of aliphatic hydroxyl groups excluding tert-OH is 2. The van der Waals surface area contributed by atoms with Crippen LogP contribution in [0.4, 0.5) is 0 Å². The van der Waals surface area contributed by atoms with Gasteiger partial charge in [0.25, 0.3) is 0 Å². The first-order chi connectivity index (χ1) is 12.0. The van der Waals surface area contributed by atoms with Crippen molar-refractivity contribution in [2.75, 3.05) is 13.2 Å². The molecule has 0 fully saturated rings. The minimum atomic E-state index is -0.127. The highest BCUT2D eigenvalue weighted by Crippen LogP contribution is 2.03. The fraction of sp³-hybridized carbons (Fsp3) is 0.429. The van der Waals surface area contributed by atoms with E-state index in [4.69, 9.17) is 10.8 Å². The van der Waals surface area contributed by atoms with Gasteiger partial charge in [0.15, 0.2) is 0 Å². The number of benzene rings is 2. The van der Waals surface area contributed by atoms with Crippen LogP contribution >= 0.6 is 0 Å². The third-order valence-electron chi connectivity index (χ3n) is 3.69. The SMILES string of the molecule is CC(C)N[C@H](CO)Cc1ccccc1.NC(CO)Cc1ccccc1. The van der Waals surface area contributed by atoms with Crippen molar-refractivity contribution in [1.29, 1.82) is 0 Å². The van der Waals surface area contributed by atoms with Crippen LogP contribution in [0.1, 0.15) is 25.0 Å². The summed E-state index contributed by atoms with van der Waals surface area (Å²) in [5.41, 5.74) is 7.99. The van der Waals surface area contributed by atoms with Crippen LogP contribution in [-0.2, 0) is 12.8 Å². The van der Waals surface area contributed by atoms with E-state index in [-0.39, 0.29) is 25.3 Å². The highest BCUT2D eigenvalue weighted by molar-refractivity contribution is 5.16. The smallest absolute Gasteiger partial charge is 0.0587 e. The summed E-state index contributed by atoms with van der Waals surface area (Å²) < 4.78 is 0. The van der Waals surface area contributed by atoms with E-state index in [2.05, 4.69) is 31.3 Å². The standard InChI is InChI=1S/C12H19NO.C9H13NO/c1-10(2)13-12(9-14)8-11-6-4-3-5-7-11;10-9(7-11)6-8-4-2-1-3-5-8/h3-7,10,12-14H,8-9H2,1-2H3;1-5,9,11H,6-7,10H2/t12-;/m0./s1. The minimum Gasteiger partial charge on any atom is -0.395 e. The second-order valence-electron chi connectivity index (χ2n) is 6.52. The molecule has 0 aliphatic carbocycles. The van der Waals surface area contributed by atoms with Crippen LogP contribution in [0.15, 0.2) is 60.7 Å². The molecular weight excluding hydrogens is 312 g/mol. The van der Waals surface area contributed by atoms with Gasteiger partial charge in [-0.1, -0.05) is 74.5 Å². The molecular formula is C21H32N2O2. The van der Waals surface area contributed by atoms with Crippen molar-refractivity contribution in [2.24, 2.45) is 5.73 Å². The van der Waals surface area contributed by atoms with Crippen molar-refractivity contribution in [3.8, 4) is 0 Å². The van der Waals surface area contributed by atoms with Crippen LogP contribution in [0.3, 0.4) is 0 Å². The maximum absolute atomic E-state index is 9.17. The Morgan fingerprint density at radius 2 is 1.28 bits per heavy atom. The number of nitrogens with two attached hydrogens (primary N) is 1. The van der Waals surface area contributed by atoms with Crippen LogP contribution < -0.4 is 11.1 Å². The molecule has 4 nitrogen and oxygen atoms in total. The van der Waals surface area contributed by atoms with E-state index in [0.717, 1.165) is 12.8 Å². The zero-order valence-electron chi connectivity index (χ0n) is 15.3. The monoisotopic (exact) mass is 344 g/mol. The molecule has 0 radical (unpaired) electrons. The lowest BCUT2D eigenvalue weighted by Gasteiger charge is -2.18. The van der Waals surface area contributed by atoms with Crippen LogP contribution in [0.25, 0.3) is 0 Å². The maximum Gasteiger partial charge on any atom is 0.0587 e. The van der Waals surface area contributed by atoms with E-state index in [0.29, 0.717) is 6.04 Å². The Kier molecular flexibility index (Phi) is 10.8. The summed E-state index contributed by atoms with van der Waals surface area (Å²) in [5, 5.41) is 21.2. The number of hydrogen-bond donors (Lipinski definition) is 4. The molecule has 4 heteroatoms. The zero-order valence-corrected chi connectivity index (χ0v) is 15.3. The van der Waals surface area contributed by atoms with Gasteiger partial charge in [-0.25, -0.2) is 0 Å². The first kappa shape index (κ1) is 21.3. The molecule has 0 saturated heterocycles. The number of aliphatic hydroxyl groups is 2. The summed E-state index contributed by atoms with van der Waals surface area (Å²) in [4.78, 5) is 0. The second kappa shape index (κ2) is 12.6. The molecule has 138 valence electrons. The summed E-state index contributed by atoms with van der Waals surface area (Å²) in [6.07, 6.45) is 1.63.